The lowest BCUT2D eigenvalue weighted by Gasteiger charge is -2.51. The molecule has 3 aliphatic heterocycles. The summed E-state index contributed by atoms with van der Waals surface area (Å²) in [5.74, 6) is 0.0144. The number of nitrogens with zero attached hydrogens (tertiary/aromatic N) is 4. The largest absolute Gasteiger partial charge is 0.378 e. The quantitative estimate of drug-likeness (QED) is 0.557. The first-order valence-electron chi connectivity index (χ1n) is 11.3. The van der Waals surface area contributed by atoms with E-state index in [-0.39, 0.29) is 28.5 Å². The van der Waals surface area contributed by atoms with Crippen molar-refractivity contribution in [2.24, 2.45) is 5.92 Å². The Morgan fingerprint density at radius 1 is 1.10 bits per heavy atom. The zero-order valence-corrected chi connectivity index (χ0v) is 17.4. The summed E-state index contributed by atoms with van der Waals surface area (Å²) >= 11 is 0. The molecule has 162 valence electrons. The van der Waals surface area contributed by atoms with E-state index in [9.17, 15) is 14.9 Å². The molecule has 0 unspecified atom stereocenters. The van der Waals surface area contributed by atoms with Crippen LogP contribution in [0, 0.1) is 16.0 Å². The van der Waals surface area contributed by atoms with Crippen molar-refractivity contribution in [2.45, 2.75) is 44.2 Å². The van der Waals surface area contributed by atoms with Crippen LogP contribution < -0.4 is 4.90 Å². The minimum atomic E-state index is -0.344. The summed E-state index contributed by atoms with van der Waals surface area (Å²) in [6.45, 7) is 5.22. The van der Waals surface area contributed by atoms with Crippen molar-refractivity contribution < 1.29 is 14.5 Å². The van der Waals surface area contributed by atoms with Crippen molar-refractivity contribution in [3.8, 4) is 0 Å². The third-order valence-electron chi connectivity index (χ3n) is 7.42. The van der Waals surface area contributed by atoms with Crippen molar-refractivity contribution in [3.63, 3.8) is 0 Å². The number of non-ortho nitro benzene ring substituents is 1. The van der Waals surface area contributed by atoms with Crippen LogP contribution in [0.15, 0.2) is 18.2 Å². The summed E-state index contributed by atoms with van der Waals surface area (Å²) in [5.41, 5.74) is 2.11. The normalized spacial score (nSPS) is 27.6. The Balaban J connectivity index is 1.46. The van der Waals surface area contributed by atoms with Crippen LogP contribution in [0.1, 0.15) is 31.2 Å². The standard InChI is InChI=1S/C22H30N4O4/c27-22(23-9-11-30-12-10-23)19-14-16-13-18(26(28)29)5-6-20(16)25-8-7-24(15-21(19)25)17-3-1-2-4-17/h5-6,13,17,19,21H,1-4,7-12,14-15H2/t19-,21-/m1/s1. The maximum atomic E-state index is 13.6. The van der Waals surface area contributed by atoms with E-state index in [0.717, 1.165) is 30.9 Å². The van der Waals surface area contributed by atoms with E-state index < -0.39 is 0 Å². The number of hydrogen-bond donors (Lipinski definition) is 0. The van der Waals surface area contributed by atoms with Crippen LogP contribution in [0.3, 0.4) is 0 Å². The van der Waals surface area contributed by atoms with E-state index >= 15 is 0 Å². The van der Waals surface area contributed by atoms with Crippen molar-refractivity contribution >= 4 is 17.3 Å². The third-order valence-corrected chi connectivity index (χ3v) is 7.42. The fourth-order valence-electron chi connectivity index (χ4n) is 5.85. The smallest absolute Gasteiger partial charge is 0.269 e. The zero-order valence-electron chi connectivity index (χ0n) is 17.4. The Kier molecular flexibility index (Phi) is 5.37. The fourth-order valence-corrected chi connectivity index (χ4v) is 5.85. The lowest BCUT2D eigenvalue weighted by Crippen LogP contribution is -2.63. The van der Waals surface area contributed by atoms with Crippen LogP contribution in [-0.4, -0.2) is 78.7 Å². The number of hydrogen-bond acceptors (Lipinski definition) is 6. The lowest BCUT2D eigenvalue weighted by atomic mass is 9.82. The van der Waals surface area contributed by atoms with Gasteiger partial charge in [-0.15, -0.1) is 0 Å². The molecule has 0 aromatic heterocycles. The molecule has 3 fully saturated rings. The number of nitro benzene ring substituents is 1. The van der Waals surface area contributed by atoms with Gasteiger partial charge in [0.15, 0.2) is 0 Å². The topological polar surface area (TPSA) is 79.2 Å². The average molecular weight is 415 g/mol. The van der Waals surface area contributed by atoms with Crippen LogP contribution in [0.5, 0.6) is 0 Å². The van der Waals surface area contributed by atoms with E-state index in [0.29, 0.717) is 38.8 Å². The van der Waals surface area contributed by atoms with Gasteiger partial charge in [-0.05, 0) is 30.9 Å². The van der Waals surface area contributed by atoms with Crippen LogP contribution in [-0.2, 0) is 16.0 Å². The van der Waals surface area contributed by atoms with Gasteiger partial charge in [0.2, 0.25) is 5.91 Å². The first-order chi connectivity index (χ1) is 14.6. The van der Waals surface area contributed by atoms with Crippen molar-refractivity contribution in [2.75, 3.05) is 50.8 Å². The van der Waals surface area contributed by atoms with Crippen LogP contribution in [0.25, 0.3) is 0 Å². The average Bonchev–Trinajstić information content (AvgIpc) is 3.33. The molecule has 5 rings (SSSR count). The zero-order chi connectivity index (χ0) is 20.7. The number of fused-ring (bicyclic) bond motifs is 3. The van der Waals surface area contributed by atoms with Gasteiger partial charge in [0.05, 0.1) is 30.1 Å². The fraction of sp³-hybridized carbons (Fsp3) is 0.682. The molecule has 1 amide bonds. The number of amides is 1. The summed E-state index contributed by atoms with van der Waals surface area (Å²) < 4.78 is 5.44. The summed E-state index contributed by atoms with van der Waals surface area (Å²) in [6.07, 6.45) is 5.71. The Morgan fingerprint density at radius 3 is 2.60 bits per heavy atom. The van der Waals surface area contributed by atoms with E-state index in [4.69, 9.17) is 4.74 Å². The second-order valence-electron chi connectivity index (χ2n) is 9.01. The predicted octanol–water partition coefficient (Wildman–Crippen LogP) is 2.06. The molecule has 1 saturated carbocycles. The second kappa shape index (κ2) is 8.15. The predicted molar refractivity (Wildman–Crippen MR) is 113 cm³/mol. The molecule has 1 aromatic rings. The number of rotatable bonds is 3. The van der Waals surface area contributed by atoms with E-state index in [1.165, 1.54) is 25.7 Å². The molecular formula is C22H30N4O4. The van der Waals surface area contributed by atoms with E-state index in [1.807, 2.05) is 11.0 Å². The molecule has 8 heteroatoms. The Hall–Kier alpha value is -2.19. The number of carbonyl (C=O) groups is 1. The number of benzene rings is 1. The molecule has 4 aliphatic rings. The number of piperazine rings is 1. The van der Waals surface area contributed by atoms with Crippen molar-refractivity contribution in [1.29, 1.82) is 0 Å². The van der Waals surface area contributed by atoms with Crippen LogP contribution >= 0.6 is 0 Å². The maximum absolute atomic E-state index is 13.6. The second-order valence-corrected chi connectivity index (χ2v) is 9.01. The van der Waals surface area contributed by atoms with Gasteiger partial charge < -0.3 is 14.5 Å². The van der Waals surface area contributed by atoms with Gasteiger partial charge in [-0.3, -0.25) is 19.8 Å². The minimum Gasteiger partial charge on any atom is -0.378 e. The highest BCUT2D eigenvalue weighted by Crippen LogP contribution is 2.39. The SMILES string of the molecule is O=C([C@@H]1Cc2cc([N+](=O)[O-])ccc2N2CCN(C3CCCC3)C[C@H]12)N1CCOCC1. The highest BCUT2D eigenvalue weighted by Gasteiger charge is 2.44. The monoisotopic (exact) mass is 414 g/mol. The molecule has 1 aliphatic carbocycles. The molecule has 1 aromatic carbocycles. The third kappa shape index (κ3) is 3.56. The number of ether oxygens (including phenoxy) is 1. The molecule has 8 nitrogen and oxygen atoms in total. The van der Waals surface area contributed by atoms with Gasteiger partial charge in [0.25, 0.3) is 5.69 Å². The molecule has 3 heterocycles. The van der Waals surface area contributed by atoms with Gasteiger partial charge in [-0.1, -0.05) is 12.8 Å². The summed E-state index contributed by atoms with van der Waals surface area (Å²) in [6, 6.07) is 5.94. The highest BCUT2D eigenvalue weighted by atomic mass is 16.6. The first-order valence-corrected chi connectivity index (χ1v) is 11.3. The molecule has 2 atom stereocenters. The first kappa shape index (κ1) is 19.8. The van der Waals surface area contributed by atoms with Gasteiger partial charge in [-0.25, -0.2) is 0 Å². The Morgan fingerprint density at radius 2 is 1.87 bits per heavy atom. The van der Waals surface area contributed by atoms with E-state index in [2.05, 4.69) is 9.80 Å². The summed E-state index contributed by atoms with van der Waals surface area (Å²) in [4.78, 5) is 31.4. The maximum Gasteiger partial charge on any atom is 0.269 e. The van der Waals surface area contributed by atoms with Crippen molar-refractivity contribution in [3.05, 3.63) is 33.9 Å². The van der Waals surface area contributed by atoms with Gasteiger partial charge in [-0.2, -0.15) is 0 Å². The van der Waals surface area contributed by atoms with Gasteiger partial charge in [0, 0.05) is 56.6 Å². The van der Waals surface area contributed by atoms with Gasteiger partial charge >= 0.3 is 0 Å². The lowest BCUT2D eigenvalue weighted by molar-refractivity contribution is -0.384. The van der Waals surface area contributed by atoms with E-state index in [1.54, 1.807) is 12.1 Å². The van der Waals surface area contributed by atoms with Crippen molar-refractivity contribution in [1.82, 2.24) is 9.80 Å². The number of carbonyl (C=O) groups excluding carboxylic acids is 1. The van der Waals surface area contributed by atoms with Gasteiger partial charge in [0.1, 0.15) is 0 Å². The van der Waals surface area contributed by atoms with Crippen LogP contribution in [0.4, 0.5) is 11.4 Å². The highest BCUT2D eigenvalue weighted by molar-refractivity contribution is 5.82. The molecule has 0 radical (unpaired) electrons. The number of anilines is 1. The number of morpholine rings is 1. The Bertz CT molecular complexity index is 819. The Labute approximate surface area is 176 Å². The molecular weight excluding hydrogens is 384 g/mol. The molecule has 2 saturated heterocycles. The molecule has 0 bridgehead atoms. The molecule has 0 spiro atoms. The number of nitro groups is 1. The summed E-state index contributed by atoms with van der Waals surface area (Å²) in [7, 11) is 0. The molecule has 30 heavy (non-hydrogen) atoms. The van der Waals surface area contributed by atoms with Crippen LogP contribution in [0.2, 0.25) is 0 Å². The summed E-state index contributed by atoms with van der Waals surface area (Å²) in [5, 5.41) is 11.3. The minimum absolute atomic E-state index is 0.106. The molecule has 0 N–H and O–H groups in total.